The van der Waals surface area contributed by atoms with Crippen LogP contribution in [0.4, 0.5) is 13.2 Å². The van der Waals surface area contributed by atoms with Crippen molar-refractivity contribution in [2.24, 2.45) is 7.05 Å². The summed E-state index contributed by atoms with van der Waals surface area (Å²) in [4.78, 5) is 13.1. The van der Waals surface area contributed by atoms with E-state index in [0.717, 1.165) is 18.4 Å². The van der Waals surface area contributed by atoms with Crippen LogP contribution in [0, 0.1) is 0 Å². The lowest BCUT2D eigenvalue weighted by atomic mass is 9.99. The predicted octanol–water partition coefficient (Wildman–Crippen LogP) is 4.14. The van der Waals surface area contributed by atoms with Gasteiger partial charge in [-0.2, -0.15) is 13.2 Å². The molecule has 0 saturated carbocycles. The third kappa shape index (κ3) is 4.01. The number of hydrogen-bond acceptors (Lipinski definition) is 3. The molecule has 0 aliphatic carbocycles. The number of hydrogen-bond donors (Lipinski definition) is 0. The number of halogens is 3. The first-order chi connectivity index (χ1) is 13.0. The lowest BCUT2D eigenvalue weighted by Crippen LogP contribution is -2.12. The molecule has 1 aromatic heterocycles. The van der Waals surface area contributed by atoms with E-state index in [9.17, 15) is 26.4 Å². The van der Waals surface area contributed by atoms with Crippen LogP contribution in [0.2, 0.25) is 0 Å². The number of rotatable bonds is 3. The second-order valence-corrected chi connectivity index (χ2v) is 8.47. The fraction of sp³-hybridized carbons (Fsp3) is 0.150. The number of alkyl halides is 3. The highest BCUT2D eigenvalue weighted by atomic mass is 32.2. The maximum absolute atomic E-state index is 13.0. The first-order valence-electron chi connectivity index (χ1n) is 8.15. The van der Waals surface area contributed by atoms with Gasteiger partial charge in [-0.05, 0) is 35.4 Å². The smallest absolute Gasteiger partial charge is 0.356 e. The van der Waals surface area contributed by atoms with Gasteiger partial charge in [0.25, 0.3) is 0 Å². The van der Waals surface area contributed by atoms with Crippen LogP contribution < -0.4 is 5.43 Å². The number of aromatic nitrogens is 1. The van der Waals surface area contributed by atoms with Crippen molar-refractivity contribution in [1.29, 1.82) is 0 Å². The van der Waals surface area contributed by atoms with Gasteiger partial charge in [0, 0.05) is 36.8 Å². The van der Waals surface area contributed by atoms with Gasteiger partial charge in [0.05, 0.1) is 10.5 Å². The summed E-state index contributed by atoms with van der Waals surface area (Å²) in [5.74, 6) is 0. The van der Waals surface area contributed by atoms with Crippen LogP contribution in [0.5, 0.6) is 0 Å². The van der Waals surface area contributed by atoms with Gasteiger partial charge in [-0.25, -0.2) is 8.42 Å². The Labute approximate surface area is 159 Å². The molecular weight excluding hydrogens is 391 g/mol. The summed E-state index contributed by atoms with van der Waals surface area (Å²) in [5, 5.41) is 0. The van der Waals surface area contributed by atoms with Crippen LogP contribution in [0.25, 0.3) is 22.3 Å². The molecule has 0 saturated heterocycles. The Kier molecular flexibility index (Phi) is 4.93. The summed E-state index contributed by atoms with van der Waals surface area (Å²) in [6.07, 6.45) is -0.505. The summed E-state index contributed by atoms with van der Waals surface area (Å²) in [6, 6.07) is 10.4. The van der Waals surface area contributed by atoms with Gasteiger partial charge in [-0.15, -0.1) is 0 Å². The molecule has 0 amide bonds. The second kappa shape index (κ2) is 6.94. The Balaban J connectivity index is 2.22. The Hall–Kier alpha value is -2.87. The molecule has 146 valence electrons. The number of benzene rings is 2. The van der Waals surface area contributed by atoms with Crippen molar-refractivity contribution in [2.75, 3.05) is 6.26 Å². The minimum Gasteiger partial charge on any atom is -0.356 e. The molecule has 0 fully saturated rings. The van der Waals surface area contributed by atoms with Gasteiger partial charge in [0.1, 0.15) is 0 Å². The largest absolute Gasteiger partial charge is 0.416 e. The number of sulfone groups is 1. The lowest BCUT2D eigenvalue weighted by molar-refractivity contribution is -0.137. The van der Waals surface area contributed by atoms with E-state index in [1.165, 1.54) is 42.7 Å². The van der Waals surface area contributed by atoms with E-state index in [1.54, 1.807) is 17.7 Å². The molecule has 0 aliphatic heterocycles. The Morgan fingerprint density at radius 1 is 0.893 bits per heavy atom. The molecule has 0 unspecified atom stereocenters. The van der Waals surface area contributed by atoms with E-state index in [2.05, 4.69) is 0 Å². The topological polar surface area (TPSA) is 56.1 Å². The third-order valence-corrected chi connectivity index (χ3v) is 5.34. The zero-order chi connectivity index (χ0) is 20.7. The van der Waals surface area contributed by atoms with E-state index in [4.69, 9.17) is 0 Å². The quantitative estimate of drug-likeness (QED) is 0.656. The van der Waals surface area contributed by atoms with E-state index in [1.807, 2.05) is 0 Å². The lowest BCUT2D eigenvalue weighted by Gasteiger charge is -2.12. The van der Waals surface area contributed by atoms with E-state index < -0.39 is 27.0 Å². The van der Waals surface area contributed by atoms with Crippen LogP contribution in [0.3, 0.4) is 0 Å². The van der Waals surface area contributed by atoms with Crippen molar-refractivity contribution in [2.45, 2.75) is 11.1 Å². The Morgan fingerprint density at radius 3 is 1.96 bits per heavy atom. The molecular formula is C20H16F3NO3S. The summed E-state index contributed by atoms with van der Waals surface area (Å²) in [6.45, 7) is 0. The molecule has 0 atom stereocenters. The average Bonchev–Trinajstić information content (AvgIpc) is 2.62. The molecule has 0 aliphatic rings. The van der Waals surface area contributed by atoms with Crippen molar-refractivity contribution >= 4 is 9.84 Å². The minimum absolute atomic E-state index is 0.0523. The van der Waals surface area contributed by atoms with Crippen LogP contribution >= 0.6 is 0 Å². The van der Waals surface area contributed by atoms with Crippen molar-refractivity contribution in [3.8, 4) is 22.3 Å². The van der Waals surface area contributed by atoms with Gasteiger partial charge in [0.2, 0.25) is 0 Å². The fourth-order valence-electron chi connectivity index (χ4n) is 2.88. The van der Waals surface area contributed by atoms with Crippen LogP contribution in [0.15, 0.2) is 70.6 Å². The van der Waals surface area contributed by atoms with Crippen LogP contribution in [0.1, 0.15) is 5.56 Å². The van der Waals surface area contributed by atoms with Crippen molar-refractivity contribution in [1.82, 2.24) is 4.57 Å². The van der Waals surface area contributed by atoms with E-state index >= 15 is 0 Å². The number of nitrogens with zero attached hydrogens (tertiary/aromatic N) is 1. The molecule has 0 radical (unpaired) electrons. The predicted molar refractivity (Wildman–Crippen MR) is 101 cm³/mol. The summed E-state index contributed by atoms with van der Waals surface area (Å²) < 4.78 is 64.2. The summed E-state index contributed by atoms with van der Waals surface area (Å²) in [7, 11) is -1.84. The van der Waals surface area contributed by atoms with Gasteiger partial charge < -0.3 is 4.57 Å². The van der Waals surface area contributed by atoms with Gasteiger partial charge in [0.15, 0.2) is 15.3 Å². The van der Waals surface area contributed by atoms with Gasteiger partial charge in [-0.3, -0.25) is 4.79 Å². The number of pyridine rings is 1. The molecule has 3 rings (SSSR count). The molecule has 0 spiro atoms. The van der Waals surface area contributed by atoms with E-state index in [-0.39, 0.29) is 21.6 Å². The first kappa shape index (κ1) is 19.9. The highest BCUT2D eigenvalue weighted by Gasteiger charge is 2.30. The normalized spacial score (nSPS) is 12.2. The average molecular weight is 407 g/mol. The maximum atomic E-state index is 13.0. The van der Waals surface area contributed by atoms with Crippen molar-refractivity contribution in [3.05, 3.63) is 76.7 Å². The van der Waals surface area contributed by atoms with Gasteiger partial charge in [-0.1, -0.05) is 24.3 Å². The molecule has 0 bridgehead atoms. The third-order valence-electron chi connectivity index (χ3n) is 4.23. The molecule has 8 heteroatoms. The molecule has 2 aromatic carbocycles. The Morgan fingerprint density at radius 2 is 1.43 bits per heavy atom. The highest BCUT2D eigenvalue weighted by molar-refractivity contribution is 7.90. The number of aryl methyl sites for hydroxylation is 1. The van der Waals surface area contributed by atoms with Crippen molar-refractivity contribution in [3.63, 3.8) is 0 Å². The standard InChI is InChI=1S/C20H16F3NO3S/c1-24-11-17(13-5-3-7-15(9-13)20(21,22)23)19(25)18(12-24)14-6-4-8-16(10-14)28(2,26)27/h3-12H,1-2H3. The first-order valence-corrected chi connectivity index (χ1v) is 10.0. The molecule has 0 N–H and O–H groups in total. The molecule has 1 heterocycles. The second-order valence-electron chi connectivity index (χ2n) is 6.46. The summed E-state index contributed by atoms with van der Waals surface area (Å²) in [5.41, 5.74) is -0.535. The highest BCUT2D eigenvalue weighted by Crippen LogP contribution is 2.32. The fourth-order valence-corrected chi connectivity index (χ4v) is 3.54. The van der Waals surface area contributed by atoms with E-state index in [0.29, 0.717) is 5.56 Å². The van der Waals surface area contributed by atoms with Gasteiger partial charge >= 0.3 is 6.18 Å². The SMILES string of the molecule is Cn1cc(-c2cccc(C(F)(F)F)c2)c(=O)c(-c2cccc(S(C)(=O)=O)c2)c1. The minimum atomic E-state index is -4.53. The van der Waals surface area contributed by atoms with Crippen LogP contribution in [-0.4, -0.2) is 19.2 Å². The molecule has 4 nitrogen and oxygen atoms in total. The van der Waals surface area contributed by atoms with Crippen LogP contribution in [-0.2, 0) is 23.1 Å². The summed E-state index contributed by atoms with van der Waals surface area (Å²) >= 11 is 0. The Bertz CT molecular complexity index is 1210. The molecule has 28 heavy (non-hydrogen) atoms. The van der Waals surface area contributed by atoms with Crippen molar-refractivity contribution < 1.29 is 21.6 Å². The zero-order valence-corrected chi connectivity index (χ0v) is 15.8. The maximum Gasteiger partial charge on any atom is 0.416 e. The monoisotopic (exact) mass is 407 g/mol. The molecule has 3 aromatic rings. The zero-order valence-electron chi connectivity index (χ0n) is 15.0.